The molecule has 2 amide bonds. The first kappa shape index (κ1) is 19.6. The molecule has 1 fully saturated rings. The number of hydrogen-bond acceptors (Lipinski definition) is 6. The zero-order valence-electron chi connectivity index (χ0n) is 15.7. The summed E-state index contributed by atoms with van der Waals surface area (Å²) in [6, 6.07) is 7.65. The number of nitrogens with one attached hydrogen (secondary N) is 2. The molecule has 148 valence electrons. The largest absolute Gasteiger partial charge is 0.462 e. The Hall–Kier alpha value is -3.16. The standard InChI is InChI=1S/C20H24N4O4/c1-2-15(28-20(27)14-7-13(8-14)19(21)26)9-18(25)24-17-11-22-16-6-4-3-5-12(16)10-23-17/h3-6,10-11,13-15,22H,2,7-9H2,1H3,(H2,21,26)(H,24,25). The van der Waals surface area contributed by atoms with E-state index in [9.17, 15) is 14.4 Å². The van der Waals surface area contributed by atoms with Crippen LogP contribution in [0.2, 0.25) is 0 Å². The van der Waals surface area contributed by atoms with Gasteiger partial charge in [-0.15, -0.1) is 0 Å². The number of nitrogens with two attached hydrogens (primary N) is 1. The van der Waals surface area contributed by atoms with Gasteiger partial charge in [0.25, 0.3) is 0 Å². The average molecular weight is 384 g/mol. The second-order valence-corrected chi connectivity index (χ2v) is 7.01. The first-order valence-corrected chi connectivity index (χ1v) is 9.35. The molecule has 1 aliphatic carbocycles. The van der Waals surface area contributed by atoms with Crippen molar-refractivity contribution in [2.24, 2.45) is 22.6 Å². The molecule has 0 spiro atoms. The number of esters is 1. The highest BCUT2D eigenvalue weighted by atomic mass is 16.5. The first-order valence-electron chi connectivity index (χ1n) is 9.35. The molecule has 2 aliphatic rings. The van der Waals surface area contributed by atoms with Crippen molar-refractivity contribution in [3.8, 4) is 0 Å². The van der Waals surface area contributed by atoms with Gasteiger partial charge in [-0.3, -0.25) is 14.4 Å². The molecular weight excluding hydrogens is 360 g/mol. The molecule has 8 nitrogen and oxygen atoms in total. The Balaban J connectivity index is 1.49. The Morgan fingerprint density at radius 2 is 2.04 bits per heavy atom. The van der Waals surface area contributed by atoms with E-state index in [0.29, 0.717) is 25.1 Å². The van der Waals surface area contributed by atoms with Crippen LogP contribution in [0.5, 0.6) is 0 Å². The summed E-state index contributed by atoms with van der Waals surface area (Å²) >= 11 is 0. The Kier molecular flexibility index (Phi) is 6.08. The normalized spacial score (nSPS) is 21.1. The number of nitrogens with zero attached hydrogens (tertiary/aromatic N) is 1. The number of aliphatic imine (C=N–C) groups is 1. The van der Waals surface area contributed by atoms with Gasteiger partial charge in [0.15, 0.2) is 0 Å². The number of carbonyl (C=O) groups is 3. The minimum Gasteiger partial charge on any atom is -0.462 e. The van der Waals surface area contributed by atoms with E-state index in [-0.39, 0.29) is 36.0 Å². The topological polar surface area (TPSA) is 123 Å². The van der Waals surface area contributed by atoms with E-state index in [0.717, 1.165) is 11.3 Å². The van der Waals surface area contributed by atoms with Crippen molar-refractivity contribution in [2.75, 3.05) is 5.32 Å². The third-order valence-electron chi connectivity index (χ3n) is 4.96. The number of hydrogen-bond donors (Lipinski definition) is 3. The van der Waals surface area contributed by atoms with E-state index in [4.69, 9.17) is 10.5 Å². The van der Waals surface area contributed by atoms with Gasteiger partial charge in [-0.25, -0.2) is 4.99 Å². The molecule has 3 rings (SSSR count). The van der Waals surface area contributed by atoms with Gasteiger partial charge < -0.3 is 21.1 Å². The third-order valence-corrected chi connectivity index (χ3v) is 4.96. The van der Waals surface area contributed by atoms with Crippen LogP contribution >= 0.6 is 0 Å². The number of rotatable bonds is 7. The first-order chi connectivity index (χ1) is 13.5. The number of primary amides is 1. The second kappa shape index (κ2) is 8.69. The Morgan fingerprint density at radius 1 is 1.29 bits per heavy atom. The van der Waals surface area contributed by atoms with E-state index in [1.807, 2.05) is 31.2 Å². The summed E-state index contributed by atoms with van der Waals surface area (Å²) in [5, 5.41) is 5.82. The fourth-order valence-electron chi connectivity index (χ4n) is 3.10. The van der Waals surface area contributed by atoms with Crippen molar-refractivity contribution >= 4 is 29.7 Å². The van der Waals surface area contributed by atoms with Gasteiger partial charge >= 0.3 is 5.97 Å². The molecule has 1 unspecified atom stereocenters. The summed E-state index contributed by atoms with van der Waals surface area (Å²) in [5.41, 5.74) is 7.02. The van der Waals surface area contributed by atoms with Gasteiger partial charge in [-0.1, -0.05) is 25.1 Å². The second-order valence-electron chi connectivity index (χ2n) is 7.01. The number of para-hydroxylation sites is 1. The van der Waals surface area contributed by atoms with Crippen LogP contribution in [-0.4, -0.2) is 30.1 Å². The lowest BCUT2D eigenvalue weighted by atomic mass is 9.74. The van der Waals surface area contributed by atoms with Gasteiger partial charge in [0.05, 0.1) is 12.3 Å². The average Bonchev–Trinajstić information content (AvgIpc) is 2.82. The molecule has 1 aromatic carbocycles. The lowest BCUT2D eigenvalue weighted by Gasteiger charge is -2.32. The SMILES string of the molecule is CCC(CC(=O)NC1=CNc2ccccc2C=N1)OC(=O)C1CC(C(N)=O)C1. The summed E-state index contributed by atoms with van der Waals surface area (Å²) in [4.78, 5) is 39.8. The van der Waals surface area contributed by atoms with Crippen LogP contribution < -0.4 is 16.4 Å². The maximum atomic E-state index is 12.3. The van der Waals surface area contributed by atoms with Crippen molar-refractivity contribution in [1.82, 2.24) is 5.32 Å². The lowest BCUT2D eigenvalue weighted by Crippen LogP contribution is -2.40. The molecule has 1 aromatic rings. The predicted octanol–water partition coefficient (Wildman–Crippen LogP) is 1.67. The van der Waals surface area contributed by atoms with Crippen LogP contribution in [0.1, 0.15) is 38.2 Å². The summed E-state index contributed by atoms with van der Waals surface area (Å²) in [7, 11) is 0. The molecule has 1 saturated carbocycles. The lowest BCUT2D eigenvalue weighted by molar-refractivity contribution is -0.160. The molecule has 0 aromatic heterocycles. The Bertz CT molecular complexity index is 827. The van der Waals surface area contributed by atoms with Crippen LogP contribution in [0.3, 0.4) is 0 Å². The van der Waals surface area contributed by atoms with Crippen molar-refractivity contribution in [3.63, 3.8) is 0 Å². The van der Waals surface area contributed by atoms with Crippen LogP contribution in [0, 0.1) is 11.8 Å². The molecule has 0 bridgehead atoms. The van der Waals surface area contributed by atoms with Crippen molar-refractivity contribution < 1.29 is 19.1 Å². The summed E-state index contributed by atoms with van der Waals surface area (Å²) in [5.74, 6) is -1.24. The summed E-state index contributed by atoms with van der Waals surface area (Å²) in [6.07, 6.45) is 4.15. The molecule has 0 saturated heterocycles. The number of carbonyl (C=O) groups excluding carboxylic acids is 3. The van der Waals surface area contributed by atoms with Crippen LogP contribution in [0.4, 0.5) is 5.69 Å². The van der Waals surface area contributed by atoms with Gasteiger partial charge in [0.2, 0.25) is 11.8 Å². The maximum absolute atomic E-state index is 12.3. The fraction of sp³-hybridized carbons (Fsp3) is 0.400. The van der Waals surface area contributed by atoms with Gasteiger partial charge in [0.1, 0.15) is 11.9 Å². The minimum atomic E-state index is -0.527. The Labute approximate surface area is 163 Å². The van der Waals surface area contributed by atoms with Crippen LogP contribution in [-0.2, 0) is 19.1 Å². The molecule has 28 heavy (non-hydrogen) atoms. The molecule has 8 heteroatoms. The number of benzene rings is 1. The van der Waals surface area contributed by atoms with Crippen molar-refractivity contribution in [3.05, 3.63) is 41.8 Å². The monoisotopic (exact) mass is 384 g/mol. The molecular formula is C20H24N4O4. The number of ether oxygens (including phenoxy) is 1. The predicted molar refractivity (Wildman–Crippen MR) is 104 cm³/mol. The molecule has 1 aliphatic heterocycles. The third kappa shape index (κ3) is 4.76. The van der Waals surface area contributed by atoms with E-state index >= 15 is 0 Å². The quantitative estimate of drug-likeness (QED) is 0.617. The van der Waals surface area contributed by atoms with Gasteiger partial charge in [0, 0.05) is 29.6 Å². The highest BCUT2D eigenvalue weighted by molar-refractivity contribution is 5.90. The number of anilines is 1. The molecule has 4 N–H and O–H groups in total. The van der Waals surface area contributed by atoms with Crippen molar-refractivity contribution in [2.45, 2.75) is 38.7 Å². The van der Waals surface area contributed by atoms with E-state index in [1.54, 1.807) is 12.4 Å². The van der Waals surface area contributed by atoms with E-state index in [1.165, 1.54) is 0 Å². The van der Waals surface area contributed by atoms with E-state index < -0.39 is 6.10 Å². The zero-order chi connectivity index (χ0) is 20.1. The maximum Gasteiger partial charge on any atom is 0.309 e. The van der Waals surface area contributed by atoms with Crippen LogP contribution in [0.15, 0.2) is 41.3 Å². The molecule has 0 radical (unpaired) electrons. The van der Waals surface area contributed by atoms with Gasteiger partial charge in [-0.05, 0) is 25.3 Å². The van der Waals surface area contributed by atoms with Crippen molar-refractivity contribution in [1.29, 1.82) is 0 Å². The Morgan fingerprint density at radius 3 is 2.75 bits per heavy atom. The smallest absolute Gasteiger partial charge is 0.309 e. The summed E-state index contributed by atoms with van der Waals surface area (Å²) < 4.78 is 5.44. The highest BCUT2D eigenvalue weighted by Gasteiger charge is 2.39. The molecule has 1 heterocycles. The number of fused-ring (bicyclic) bond motifs is 1. The molecule has 1 atom stereocenters. The minimum absolute atomic E-state index is 0.0357. The zero-order valence-corrected chi connectivity index (χ0v) is 15.7. The van der Waals surface area contributed by atoms with Gasteiger partial charge in [-0.2, -0.15) is 0 Å². The highest BCUT2D eigenvalue weighted by Crippen LogP contribution is 2.34. The van der Waals surface area contributed by atoms with E-state index in [2.05, 4.69) is 15.6 Å². The van der Waals surface area contributed by atoms with Crippen LogP contribution in [0.25, 0.3) is 0 Å². The fourth-order valence-corrected chi connectivity index (χ4v) is 3.10. The summed E-state index contributed by atoms with van der Waals surface area (Å²) in [6.45, 7) is 1.85. The number of amides is 2.